The number of alkyl carbamates (subject to hydrolysis) is 1. The van der Waals surface area contributed by atoms with E-state index in [4.69, 9.17) is 20.7 Å². The number of carboxylic acid groups (broad SMARTS) is 1. The molecule has 0 bridgehead atoms. The molecule has 0 saturated carbocycles. The van der Waals surface area contributed by atoms with Crippen molar-refractivity contribution in [2.24, 2.45) is 0 Å². The van der Waals surface area contributed by atoms with E-state index in [0.717, 1.165) is 0 Å². The monoisotopic (exact) mass is 416 g/mol. The smallest absolute Gasteiger partial charge is 0.408 e. The summed E-state index contributed by atoms with van der Waals surface area (Å²) in [4.78, 5) is 33.4. The average Bonchev–Trinajstić information content (AvgIpc) is 2.62. The van der Waals surface area contributed by atoms with E-state index in [9.17, 15) is 14.4 Å². The van der Waals surface area contributed by atoms with Gasteiger partial charge in [-0.3, -0.25) is 4.79 Å². The molecule has 8 heteroatoms. The van der Waals surface area contributed by atoms with Crippen LogP contribution in [0.4, 0.5) is 10.5 Å². The maximum atomic E-state index is 11.6. The van der Waals surface area contributed by atoms with E-state index in [1.807, 2.05) is 0 Å². The lowest BCUT2D eigenvalue weighted by Crippen LogP contribution is -2.44. The summed E-state index contributed by atoms with van der Waals surface area (Å²) >= 11 is 0. The fraction of sp³-hybridized carbons (Fsp3) is 0.318. The number of carbonyl (C=O) groups excluding carboxylic acids is 2. The molecule has 2 aromatic carbocycles. The van der Waals surface area contributed by atoms with Crippen LogP contribution in [0, 0.1) is 0 Å². The minimum absolute atomic E-state index is 0.0694. The van der Waals surface area contributed by atoms with Gasteiger partial charge in [-0.15, -0.1) is 0 Å². The Kier molecular flexibility index (Phi) is 8.85. The number of rotatable bonds is 5. The molecule has 8 nitrogen and oxygen atoms in total. The number of aromatic hydroxyl groups is 1. The lowest BCUT2D eigenvalue weighted by atomic mass is 10.1. The molecule has 1 atom stereocenters. The molecule has 0 radical (unpaired) electrons. The molecule has 162 valence electrons. The summed E-state index contributed by atoms with van der Waals surface area (Å²) < 4.78 is 5.02. The maximum Gasteiger partial charge on any atom is 0.408 e. The number of anilines is 1. The number of Topliss-reactive ketones (excluding diaryl/α,β-unsaturated/α-hetero) is 1. The van der Waals surface area contributed by atoms with Crippen molar-refractivity contribution in [3.63, 3.8) is 0 Å². The summed E-state index contributed by atoms with van der Waals surface area (Å²) in [7, 11) is 0. The minimum Gasteiger partial charge on any atom is -0.508 e. The van der Waals surface area contributed by atoms with Crippen molar-refractivity contribution in [1.29, 1.82) is 0 Å². The second-order valence-corrected chi connectivity index (χ2v) is 7.59. The maximum absolute atomic E-state index is 11.6. The van der Waals surface area contributed by atoms with Gasteiger partial charge < -0.3 is 26.0 Å². The van der Waals surface area contributed by atoms with Gasteiger partial charge in [0.15, 0.2) is 5.78 Å². The number of ether oxygens (including phenoxy) is 1. The number of phenols is 1. The second-order valence-electron chi connectivity index (χ2n) is 7.59. The molecule has 0 unspecified atom stereocenters. The van der Waals surface area contributed by atoms with Crippen LogP contribution in [0.3, 0.4) is 0 Å². The molecule has 0 aliphatic heterocycles. The van der Waals surface area contributed by atoms with Crippen LogP contribution in [0.5, 0.6) is 5.75 Å². The van der Waals surface area contributed by atoms with Gasteiger partial charge in [0.2, 0.25) is 0 Å². The first-order valence-corrected chi connectivity index (χ1v) is 9.24. The van der Waals surface area contributed by atoms with Crippen LogP contribution >= 0.6 is 0 Å². The minimum atomic E-state index is -1.15. The molecule has 0 aliphatic carbocycles. The molecule has 1 amide bonds. The van der Waals surface area contributed by atoms with Crippen LogP contribution in [0.15, 0.2) is 48.5 Å². The van der Waals surface area contributed by atoms with Crippen molar-refractivity contribution >= 4 is 23.5 Å². The molecule has 0 aromatic heterocycles. The van der Waals surface area contributed by atoms with Crippen LogP contribution in [0.25, 0.3) is 0 Å². The summed E-state index contributed by atoms with van der Waals surface area (Å²) in [6.45, 7) is 6.62. The quantitative estimate of drug-likeness (QED) is 0.433. The molecule has 0 fully saturated rings. The molecule has 30 heavy (non-hydrogen) atoms. The number of carboxylic acids is 1. The highest BCUT2D eigenvalue weighted by atomic mass is 16.6. The Morgan fingerprint density at radius 1 is 1.03 bits per heavy atom. The van der Waals surface area contributed by atoms with E-state index in [1.54, 1.807) is 57.2 Å². The van der Waals surface area contributed by atoms with E-state index in [0.29, 0.717) is 16.8 Å². The number of nitrogens with two attached hydrogens (primary N) is 1. The number of nitrogen functional groups attached to an aromatic ring is 1. The number of hydrogen-bond donors (Lipinski definition) is 4. The van der Waals surface area contributed by atoms with Crippen molar-refractivity contribution in [3.8, 4) is 5.75 Å². The van der Waals surface area contributed by atoms with Crippen LogP contribution in [-0.4, -0.2) is 39.7 Å². The molecule has 0 spiro atoms. The lowest BCUT2D eigenvalue weighted by molar-refractivity contribution is -0.139. The summed E-state index contributed by atoms with van der Waals surface area (Å²) in [5.74, 6) is -0.982. The third-order valence-electron chi connectivity index (χ3n) is 3.68. The highest BCUT2D eigenvalue weighted by Crippen LogP contribution is 2.12. The Bertz CT molecular complexity index is 855. The molecule has 5 N–H and O–H groups in total. The van der Waals surface area contributed by atoms with Crippen molar-refractivity contribution in [3.05, 3.63) is 59.7 Å². The van der Waals surface area contributed by atoms with Gasteiger partial charge in [-0.1, -0.05) is 12.1 Å². The number of carbonyl (C=O) groups is 3. The van der Waals surface area contributed by atoms with Gasteiger partial charge in [0.25, 0.3) is 0 Å². The summed E-state index contributed by atoms with van der Waals surface area (Å²) in [5.41, 5.74) is 6.80. The Labute approximate surface area is 175 Å². The normalized spacial score (nSPS) is 11.5. The number of phenolic OH excluding ortho intramolecular Hbond substituents is 1. The van der Waals surface area contributed by atoms with Gasteiger partial charge in [-0.05, 0) is 69.7 Å². The Morgan fingerprint density at radius 2 is 1.57 bits per heavy atom. The van der Waals surface area contributed by atoms with Gasteiger partial charge in [-0.2, -0.15) is 0 Å². The van der Waals surface area contributed by atoms with Gasteiger partial charge >= 0.3 is 12.1 Å². The first-order valence-electron chi connectivity index (χ1n) is 9.24. The molecular weight excluding hydrogens is 388 g/mol. The largest absolute Gasteiger partial charge is 0.508 e. The summed E-state index contributed by atoms with van der Waals surface area (Å²) in [5, 5.41) is 20.6. The molecule has 0 aliphatic rings. The number of benzene rings is 2. The average molecular weight is 416 g/mol. The number of aliphatic carboxylic acids is 1. The molecule has 0 heterocycles. The van der Waals surface area contributed by atoms with Crippen LogP contribution in [0.1, 0.15) is 43.6 Å². The predicted octanol–water partition coefficient (Wildman–Crippen LogP) is 3.38. The molecule has 0 saturated heterocycles. The Morgan fingerprint density at radius 3 is 2.00 bits per heavy atom. The zero-order valence-electron chi connectivity index (χ0n) is 17.5. The van der Waals surface area contributed by atoms with E-state index >= 15 is 0 Å². The Hall–Kier alpha value is -3.55. The van der Waals surface area contributed by atoms with E-state index in [2.05, 4.69) is 5.32 Å². The highest BCUT2D eigenvalue weighted by Gasteiger charge is 2.24. The number of hydrogen-bond acceptors (Lipinski definition) is 6. The van der Waals surface area contributed by atoms with Gasteiger partial charge in [-0.25, -0.2) is 9.59 Å². The number of nitrogens with one attached hydrogen (secondary N) is 1. The number of ketones is 1. The topological polar surface area (TPSA) is 139 Å². The lowest BCUT2D eigenvalue weighted by Gasteiger charge is -2.22. The molecule has 2 aromatic rings. The van der Waals surface area contributed by atoms with Crippen molar-refractivity contribution in [1.82, 2.24) is 5.32 Å². The van der Waals surface area contributed by atoms with Crippen molar-refractivity contribution in [2.75, 3.05) is 5.73 Å². The standard InChI is InChI=1S/C14H19NO5.C8H9NO/c1-14(2,3)20-13(19)15-11(12(17)18)8-9-4-6-10(16)7-5-9;1-6(10)7-2-4-8(9)5-3-7/h4-7,11,16H,8H2,1-3H3,(H,15,19)(H,17,18);2-5H,9H2,1H3/t11-;/m0./s1. The molecular formula is C22H28N2O6. The Balaban J connectivity index is 0.000000375. The zero-order chi connectivity index (χ0) is 22.9. The van der Waals surface area contributed by atoms with Gasteiger partial charge in [0.1, 0.15) is 17.4 Å². The highest BCUT2D eigenvalue weighted by molar-refractivity contribution is 5.94. The third kappa shape index (κ3) is 9.59. The second kappa shape index (κ2) is 10.8. The van der Waals surface area contributed by atoms with E-state index in [-0.39, 0.29) is 18.0 Å². The van der Waals surface area contributed by atoms with Crippen LogP contribution in [-0.2, 0) is 16.0 Å². The van der Waals surface area contributed by atoms with Crippen molar-refractivity contribution in [2.45, 2.75) is 45.8 Å². The summed E-state index contributed by atoms with van der Waals surface area (Å²) in [6.07, 6.45) is -0.668. The molecule has 2 rings (SSSR count). The van der Waals surface area contributed by atoms with Crippen LogP contribution < -0.4 is 11.1 Å². The van der Waals surface area contributed by atoms with Gasteiger partial charge in [0, 0.05) is 17.7 Å². The SMILES string of the molecule is CC(=O)c1ccc(N)cc1.CC(C)(C)OC(=O)N[C@@H](Cc1ccc(O)cc1)C(=O)O. The van der Waals surface area contributed by atoms with E-state index in [1.165, 1.54) is 19.1 Å². The van der Waals surface area contributed by atoms with E-state index < -0.39 is 23.7 Å². The third-order valence-corrected chi connectivity index (χ3v) is 3.68. The van der Waals surface area contributed by atoms with Crippen LogP contribution in [0.2, 0.25) is 0 Å². The zero-order valence-corrected chi connectivity index (χ0v) is 17.5. The first-order chi connectivity index (χ1) is 13.9. The van der Waals surface area contributed by atoms with Crippen molar-refractivity contribution < 1.29 is 29.3 Å². The number of amides is 1. The predicted molar refractivity (Wildman–Crippen MR) is 113 cm³/mol. The first kappa shape index (κ1) is 24.5. The summed E-state index contributed by atoms with van der Waals surface area (Å²) in [6, 6.07) is 11.9. The fourth-order valence-corrected chi connectivity index (χ4v) is 2.24. The van der Waals surface area contributed by atoms with Gasteiger partial charge in [0.05, 0.1) is 0 Å². The fourth-order valence-electron chi connectivity index (χ4n) is 2.24.